The summed E-state index contributed by atoms with van der Waals surface area (Å²) in [7, 11) is 0. The van der Waals surface area contributed by atoms with Gasteiger partial charge in [-0.1, -0.05) is 46.5 Å². The first-order valence-electron chi connectivity index (χ1n) is 6.81. The molecule has 21 heavy (non-hydrogen) atoms. The fourth-order valence-electron chi connectivity index (χ4n) is 2.02. The molecule has 1 unspecified atom stereocenters. The van der Waals surface area contributed by atoms with Crippen molar-refractivity contribution in [2.75, 3.05) is 19.6 Å². The smallest absolute Gasteiger partial charge is 0.258 e. The molecule has 0 fully saturated rings. The highest BCUT2D eigenvalue weighted by atomic mass is 79.9. The fraction of sp³-hybridized carbons (Fsp3) is 0.429. The van der Waals surface area contributed by atoms with E-state index in [2.05, 4.69) is 44.8 Å². The van der Waals surface area contributed by atoms with Crippen molar-refractivity contribution in [3.05, 3.63) is 33.5 Å². The Labute approximate surface area is 137 Å². The number of likely N-dealkylation sites (N-methyl/N-ethyl adjacent to an activating group) is 1. The molecule has 0 radical (unpaired) electrons. The third kappa shape index (κ3) is 4.26. The maximum atomic E-state index is 6.14. The minimum absolute atomic E-state index is 0.273. The molecule has 5 nitrogen and oxygen atoms in total. The van der Waals surface area contributed by atoms with Crippen molar-refractivity contribution in [2.45, 2.75) is 19.9 Å². The van der Waals surface area contributed by atoms with Crippen LogP contribution in [0.25, 0.3) is 11.5 Å². The second-order valence-electron chi connectivity index (χ2n) is 4.71. The highest BCUT2D eigenvalue weighted by molar-refractivity contribution is 9.10. The number of rotatable bonds is 6. The number of benzene rings is 1. The van der Waals surface area contributed by atoms with E-state index in [1.165, 1.54) is 0 Å². The Morgan fingerprint density at radius 3 is 2.67 bits per heavy atom. The van der Waals surface area contributed by atoms with Crippen LogP contribution in [0.2, 0.25) is 5.02 Å². The van der Waals surface area contributed by atoms with Gasteiger partial charge in [0.05, 0.1) is 6.04 Å². The lowest BCUT2D eigenvalue weighted by Crippen LogP contribution is -2.32. The first kappa shape index (κ1) is 16.4. The lowest BCUT2D eigenvalue weighted by molar-refractivity contribution is 0.278. The molecule has 0 aliphatic heterocycles. The molecule has 2 aromatic rings. The van der Waals surface area contributed by atoms with Crippen molar-refractivity contribution in [1.82, 2.24) is 15.0 Å². The summed E-state index contributed by atoms with van der Waals surface area (Å²) in [5.74, 6) is 0.927. The summed E-state index contributed by atoms with van der Waals surface area (Å²) in [5, 5.41) is 4.58. The van der Waals surface area contributed by atoms with E-state index in [0.29, 0.717) is 23.3 Å². The van der Waals surface area contributed by atoms with E-state index >= 15 is 0 Å². The topological polar surface area (TPSA) is 68.2 Å². The molecule has 2 rings (SSSR count). The number of nitrogens with two attached hydrogens (primary N) is 1. The van der Waals surface area contributed by atoms with Crippen molar-refractivity contribution in [1.29, 1.82) is 0 Å². The first-order chi connectivity index (χ1) is 10.0. The molecule has 2 N–H and O–H groups in total. The van der Waals surface area contributed by atoms with Gasteiger partial charge in [0, 0.05) is 21.6 Å². The van der Waals surface area contributed by atoms with E-state index < -0.39 is 0 Å². The maximum absolute atomic E-state index is 6.14. The van der Waals surface area contributed by atoms with Gasteiger partial charge in [0.2, 0.25) is 0 Å². The molecular weight excluding hydrogens is 356 g/mol. The zero-order chi connectivity index (χ0) is 15.4. The van der Waals surface area contributed by atoms with E-state index in [-0.39, 0.29) is 6.04 Å². The SMILES string of the molecule is CCN(CC)CC(N)c1noc(-c2cc(Cl)cc(Br)c2)n1. The Bertz CT molecular complexity index is 580. The van der Waals surface area contributed by atoms with Crippen LogP contribution in [0.5, 0.6) is 0 Å². The molecule has 0 saturated heterocycles. The average Bonchev–Trinajstić information content (AvgIpc) is 2.93. The normalized spacial score (nSPS) is 12.9. The molecule has 114 valence electrons. The largest absolute Gasteiger partial charge is 0.334 e. The molecule has 1 atom stereocenters. The monoisotopic (exact) mass is 372 g/mol. The first-order valence-corrected chi connectivity index (χ1v) is 7.98. The van der Waals surface area contributed by atoms with Gasteiger partial charge in [0.25, 0.3) is 5.89 Å². The Morgan fingerprint density at radius 1 is 1.33 bits per heavy atom. The zero-order valence-electron chi connectivity index (χ0n) is 12.0. The van der Waals surface area contributed by atoms with E-state index in [1.807, 2.05) is 6.07 Å². The van der Waals surface area contributed by atoms with Crippen LogP contribution in [0.1, 0.15) is 25.7 Å². The van der Waals surface area contributed by atoms with Gasteiger partial charge in [-0.2, -0.15) is 4.98 Å². The van der Waals surface area contributed by atoms with Crippen LogP contribution >= 0.6 is 27.5 Å². The summed E-state index contributed by atoms with van der Waals surface area (Å²) >= 11 is 9.42. The number of hydrogen-bond donors (Lipinski definition) is 1. The molecule has 0 bridgehead atoms. The molecule has 0 spiro atoms. The average molecular weight is 374 g/mol. The Balaban J connectivity index is 2.17. The highest BCUT2D eigenvalue weighted by Crippen LogP contribution is 2.26. The second-order valence-corrected chi connectivity index (χ2v) is 6.06. The third-order valence-corrected chi connectivity index (χ3v) is 3.91. The van der Waals surface area contributed by atoms with Gasteiger partial charge >= 0.3 is 0 Å². The number of hydrogen-bond acceptors (Lipinski definition) is 5. The predicted molar refractivity (Wildman–Crippen MR) is 87.2 cm³/mol. The van der Waals surface area contributed by atoms with Gasteiger partial charge in [-0.15, -0.1) is 0 Å². The summed E-state index contributed by atoms with van der Waals surface area (Å²) in [4.78, 5) is 6.59. The maximum Gasteiger partial charge on any atom is 0.258 e. The van der Waals surface area contributed by atoms with Crippen molar-refractivity contribution in [3.63, 3.8) is 0 Å². The summed E-state index contributed by atoms with van der Waals surface area (Å²) in [6.07, 6.45) is 0. The van der Waals surface area contributed by atoms with Crippen molar-refractivity contribution >= 4 is 27.5 Å². The van der Waals surface area contributed by atoms with Crippen molar-refractivity contribution < 1.29 is 4.52 Å². The Kier molecular flexibility index (Phi) is 5.75. The van der Waals surface area contributed by atoms with E-state index in [9.17, 15) is 0 Å². The molecule has 7 heteroatoms. The predicted octanol–water partition coefficient (Wildman–Crippen LogP) is 3.49. The third-order valence-electron chi connectivity index (χ3n) is 3.23. The summed E-state index contributed by atoms with van der Waals surface area (Å²) in [5.41, 5.74) is 6.90. The molecule has 1 heterocycles. The molecule has 0 aliphatic rings. The number of nitrogens with zero attached hydrogens (tertiary/aromatic N) is 3. The lowest BCUT2D eigenvalue weighted by Gasteiger charge is -2.20. The summed E-state index contributed by atoms with van der Waals surface area (Å²) in [6.45, 7) is 6.78. The van der Waals surface area contributed by atoms with Gasteiger partial charge in [-0.3, -0.25) is 0 Å². The number of halogens is 2. The fourth-order valence-corrected chi connectivity index (χ4v) is 2.88. The van der Waals surface area contributed by atoms with E-state index in [4.69, 9.17) is 21.9 Å². The van der Waals surface area contributed by atoms with Crippen LogP contribution in [0.15, 0.2) is 27.2 Å². The molecule has 0 aliphatic carbocycles. The second kappa shape index (κ2) is 7.35. The van der Waals surface area contributed by atoms with Crippen LogP contribution in [-0.4, -0.2) is 34.7 Å². The van der Waals surface area contributed by atoms with Gasteiger partial charge in [0.15, 0.2) is 5.82 Å². The molecule has 1 aromatic heterocycles. The van der Waals surface area contributed by atoms with Gasteiger partial charge in [-0.25, -0.2) is 0 Å². The van der Waals surface area contributed by atoms with Crippen LogP contribution in [0.3, 0.4) is 0 Å². The lowest BCUT2D eigenvalue weighted by atomic mass is 10.2. The summed E-state index contributed by atoms with van der Waals surface area (Å²) < 4.78 is 6.15. The van der Waals surface area contributed by atoms with Gasteiger partial charge in [0.1, 0.15) is 0 Å². The molecule has 0 amide bonds. The Hall–Kier alpha value is -0.950. The van der Waals surface area contributed by atoms with Crippen LogP contribution in [-0.2, 0) is 0 Å². The highest BCUT2D eigenvalue weighted by Gasteiger charge is 2.17. The molecule has 1 aromatic carbocycles. The molecule has 0 saturated carbocycles. The van der Waals surface area contributed by atoms with E-state index in [0.717, 1.165) is 23.1 Å². The van der Waals surface area contributed by atoms with Crippen LogP contribution < -0.4 is 5.73 Å². The quantitative estimate of drug-likeness (QED) is 0.839. The summed E-state index contributed by atoms with van der Waals surface area (Å²) in [6, 6.07) is 5.18. The zero-order valence-corrected chi connectivity index (χ0v) is 14.4. The van der Waals surface area contributed by atoms with Crippen molar-refractivity contribution in [3.8, 4) is 11.5 Å². The van der Waals surface area contributed by atoms with E-state index in [1.54, 1.807) is 12.1 Å². The molecular formula is C14H18BrClN4O. The standard InChI is InChI=1S/C14H18BrClN4O/c1-3-20(4-2)8-12(17)13-18-14(21-19-13)9-5-10(15)7-11(16)6-9/h5-7,12H,3-4,8,17H2,1-2H3. The number of aromatic nitrogens is 2. The van der Waals surface area contributed by atoms with Gasteiger partial charge in [-0.05, 0) is 31.3 Å². The Morgan fingerprint density at radius 2 is 2.05 bits per heavy atom. The minimum Gasteiger partial charge on any atom is -0.334 e. The van der Waals surface area contributed by atoms with Crippen molar-refractivity contribution in [2.24, 2.45) is 5.73 Å². The van der Waals surface area contributed by atoms with Crippen LogP contribution in [0, 0.1) is 0 Å². The minimum atomic E-state index is -0.273. The van der Waals surface area contributed by atoms with Gasteiger partial charge < -0.3 is 15.2 Å². The van der Waals surface area contributed by atoms with Crippen LogP contribution in [0.4, 0.5) is 0 Å².